The third-order valence-corrected chi connectivity index (χ3v) is 6.21. The Balaban J connectivity index is 2.04. The molecule has 2 rings (SSSR count). The summed E-state index contributed by atoms with van der Waals surface area (Å²) >= 11 is 0. The molecule has 0 saturated heterocycles. The first-order chi connectivity index (χ1) is 9.40. The van der Waals surface area contributed by atoms with Crippen molar-refractivity contribution in [2.45, 2.75) is 73.1 Å². The summed E-state index contributed by atoms with van der Waals surface area (Å²) in [5, 5.41) is 0. The molecule has 0 amide bonds. The summed E-state index contributed by atoms with van der Waals surface area (Å²) in [7, 11) is 0. The van der Waals surface area contributed by atoms with Crippen LogP contribution in [0.4, 0.5) is 0 Å². The van der Waals surface area contributed by atoms with Crippen LogP contribution in [0.2, 0.25) is 0 Å². The Morgan fingerprint density at radius 1 is 0.950 bits per heavy atom. The van der Waals surface area contributed by atoms with E-state index in [-0.39, 0.29) is 0 Å². The molecule has 0 heterocycles. The minimum atomic E-state index is 0.352. The van der Waals surface area contributed by atoms with Gasteiger partial charge >= 0.3 is 0 Å². The first kappa shape index (κ1) is 16.0. The lowest BCUT2D eigenvalue weighted by Crippen LogP contribution is -2.38. The van der Waals surface area contributed by atoms with Crippen molar-refractivity contribution < 1.29 is 4.79 Å². The molecule has 0 bridgehead atoms. The fourth-order valence-corrected chi connectivity index (χ4v) is 4.96. The van der Waals surface area contributed by atoms with E-state index in [2.05, 4.69) is 34.6 Å². The van der Waals surface area contributed by atoms with Gasteiger partial charge in [0, 0.05) is 12.3 Å². The average molecular weight is 278 g/mol. The summed E-state index contributed by atoms with van der Waals surface area (Å²) in [4.78, 5) is 12.4. The molecule has 116 valence electrons. The highest BCUT2D eigenvalue weighted by Gasteiger charge is 2.40. The van der Waals surface area contributed by atoms with Crippen molar-refractivity contribution in [3.8, 4) is 0 Å². The molecule has 0 N–H and O–H groups in total. The number of ketones is 1. The van der Waals surface area contributed by atoms with Gasteiger partial charge in [0.2, 0.25) is 0 Å². The van der Waals surface area contributed by atoms with Crippen molar-refractivity contribution in [3.63, 3.8) is 0 Å². The second kappa shape index (κ2) is 6.62. The van der Waals surface area contributed by atoms with Gasteiger partial charge in [-0.3, -0.25) is 4.79 Å². The van der Waals surface area contributed by atoms with Crippen LogP contribution in [0.1, 0.15) is 73.1 Å². The van der Waals surface area contributed by atoms with Gasteiger partial charge in [-0.05, 0) is 61.2 Å². The minimum absolute atomic E-state index is 0.352. The third kappa shape index (κ3) is 3.46. The number of Topliss-reactive ketones (excluding diaryl/α,β-unsaturated/α-hetero) is 1. The summed E-state index contributed by atoms with van der Waals surface area (Å²) in [5.74, 6) is 5.47. The van der Waals surface area contributed by atoms with Gasteiger partial charge in [-0.25, -0.2) is 0 Å². The molecule has 2 fully saturated rings. The number of carbonyl (C=O) groups excluding carboxylic acids is 1. The standard InChI is InChI=1S/C19H34O/c1-12(2)16-8-6-14(5)10-18(16)15-7-9-17(13(3)4)19(20)11-15/h12-18H,6-11H2,1-5H3. The van der Waals surface area contributed by atoms with Gasteiger partial charge in [0.25, 0.3) is 0 Å². The Kier molecular flexibility index (Phi) is 5.31. The predicted octanol–water partition coefficient (Wildman–Crippen LogP) is 5.34. The van der Waals surface area contributed by atoms with Crippen molar-refractivity contribution in [3.05, 3.63) is 0 Å². The second-order valence-corrected chi connectivity index (χ2v) is 8.35. The van der Waals surface area contributed by atoms with Crippen molar-refractivity contribution >= 4 is 5.78 Å². The Morgan fingerprint density at radius 3 is 2.20 bits per heavy atom. The normalized spacial score (nSPS) is 39.5. The Hall–Kier alpha value is -0.330. The van der Waals surface area contributed by atoms with E-state index in [4.69, 9.17) is 0 Å². The molecule has 0 aromatic heterocycles. The summed E-state index contributed by atoms with van der Waals surface area (Å²) < 4.78 is 0. The quantitative estimate of drug-likeness (QED) is 0.681. The fraction of sp³-hybridized carbons (Fsp3) is 0.947. The SMILES string of the molecule is CC1CCC(C(C)C)C(C2CCC(C(C)C)C(=O)C2)C1. The Bertz CT molecular complexity index is 331. The number of carbonyl (C=O) groups is 1. The van der Waals surface area contributed by atoms with Crippen LogP contribution in [0.3, 0.4) is 0 Å². The Labute approximate surface area is 125 Å². The highest BCUT2D eigenvalue weighted by atomic mass is 16.1. The maximum atomic E-state index is 12.4. The first-order valence-electron chi connectivity index (χ1n) is 8.92. The highest BCUT2D eigenvalue weighted by molar-refractivity contribution is 5.82. The molecule has 2 saturated carbocycles. The van der Waals surface area contributed by atoms with Gasteiger partial charge in [0.1, 0.15) is 5.78 Å². The van der Waals surface area contributed by atoms with E-state index in [1.807, 2.05) is 0 Å². The molecule has 0 aliphatic heterocycles. The second-order valence-electron chi connectivity index (χ2n) is 8.35. The average Bonchev–Trinajstić information content (AvgIpc) is 2.37. The zero-order valence-corrected chi connectivity index (χ0v) is 14.2. The lowest BCUT2D eigenvalue weighted by molar-refractivity contribution is -0.129. The molecule has 2 aliphatic rings. The molecule has 20 heavy (non-hydrogen) atoms. The molecule has 0 aromatic carbocycles. The molecule has 2 aliphatic carbocycles. The fourth-order valence-electron chi connectivity index (χ4n) is 4.96. The summed E-state index contributed by atoms with van der Waals surface area (Å²) in [5.41, 5.74) is 0. The van der Waals surface area contributed by atoms with Gasteiger partial charge in [0.15, 0.2) is 0 Å². The maximum Gasteiger partial charge on any atom is 0.136 e. The van der Waals surface area contributed by atoms with Gasteiger partial charge in [-0.1, -0.05) is 41.0 Å². The third-order valence-electron chi connectivity index (χ3n) is 6.21. The minimum Gasteiger partial charge on any atom is -0.299 e. The lowest BCUT2D eigenvalue weighted by atomic mass is 9.61. The topological polar surface area (TPSA) is 17.1 Å². The summed E-state index contributed by atoms with van der Waals surface area (Å²) in [6.45, 7) is 11.6. The molecular weight excluding hydrogens is 244 g/mol. The van der Waals surface area contributed by atoms with Gasteiger partial charge in [-0.15, -0.1) is 0 Å². The largest absolute Gasteiger partial charge is 0.299 e. The summed E-state index contributed by atoms with van der Waals surface area (Å²) in [6.07, 6.45) is 7.49. The van der Waals surface area contributed by atoms with E-state index in [0.29, 0.717) is 23.5 Å². The van der Waals surface area contributed by atoms with Crippen LogP contribution in [-0.2, 0) is 4.79 Å². The molecule has 5 atom stereocenters. The Morgan fingerprint density at radius 2 is 1.65 bits per heavy atom. The van der Waals surface area contributed by atoms with E-state index in [1.165, 1.54) is 25.7 Å². The van der Waals surface area contributed by atoms with Crippen LogP contribution < -0.4 is 0 Å². The molecule has 0 spiro atoms. The van der Waals surface area contributed by atoms with Crippen LogP contribution >= 0.6 is 0 Å². The zero-order chi connectivity index (χ0) is 14.9. The number of hydrogen-bond donors (Lipinski definition) is 0. The molecule has 1 nitrogen and oxygen atoms in total. The van der Waals surface area contributed by atoms with Crippen molar-refractivity contribution in [2.24, 2.45) is 41.4 Å². The smallest absolute Gasteiger partial charge is 0.136 e. The van der Waals surface area contributed by atoms with Crippen LogP contribution in [0.25, 0.3) is 0 Å². The van der Waals surface area contributed by atoms with Crippen molar-refractivity contribution in [1.29, 1.82) is 0 Å². The van der Waals surface area contributed by atoms with Crippen molar-refractivity contribution in [2.75, 3.05) is 0 Å². The molecule has 5 unspecified atom stereocenters. The van der Waals surface area contributed by atoms with E-state index in [9.17, 15) is 4.79 Å². The van der Waals surface area contributed by atoms with Gasteiger partial charge < -0.3 is 0 Å². The zero-order valence-electron chi connectivity index (χ0n) is 14.2. The van der Waals surface area contributed by atoms with Gasteiger partial charge in [-0.2, -0.15) is 0 Å². The maximum absolute atomic E-state index is 12.4. The summed E-state index contributed by atoms with van der Waals surface area (Å²) in [6, 6.07) is 0. The highest BCUT2D eigenvalue weighted by Crippen LogP contribution is 2.46. The molecular formula is C19H34O. The number of hydrogen-bond acceptors (Lipinski definition) is 1. The van der Waals surface area contributed by atoms with Crippen LogP contribution in [-0.4, -0.2) is 5.78 Å². The van der Waals surface area contributed by atoms with E-state index in [1.54, 1.807) is 0 Å². The van der Waals surface area contributed by atoms with Crippen LogP contribution in [0, 0.1) is 41.4 Å². The number of rotatable bonds is 3. The molecule has 0 aromatic rings. The lowest BCUT2D eigenvalue weighted by Gasteiger charge is -2.44. The monoisotopic (exact) mass is 278 g/mol. The van der Waals surface area contributed by atoms with Gasteiger partial charge in [0.05, 0.1) is 0 Å². The first-order valence-corrected chi connectivity index (χ1v) is 8.92. The molecule has 1 heteroatoms. The van der Waals surface area contributed by atoms with Crippen LogP contribution in [0.5, 0.6) is 0 Å². The van der Waals surface area contributed by atoms with E-state index >= 15 is 0 Å². The predicted molar refractivity (Wildman–Crippen MR) is 85.5 cm³/mol. The van der Waals surface area contributed by atoms with E-state index in [0.717, 1.165) is 36.5 Å². The van der Waals surface area contributed by atoms with Crippen LogP contribution in [0.15, 0.2) is 0 Å². The molecule has 0 radical (unpaired) electrons. The van der Waals surface area contributed by atoms with E-state index < -0.39 is 0 Å². The van der Waals surface area contributed by atoms with Crippen molar-refractivity contribution in [1.82, 2.24) is 0 Å².